The molecule has 0 spiro atoms. The summed E-state index contributed by atoms with van der Waals surface area (Å²) in [7, 11) is 0. The highest BCUT2D eigenvalue weighted by Crippen LogP contribution is 2.16. The molecule has 0 saturated carbocycles. The van der Waals surface area contributed by atoms with Gasteiger partial charge in [-0.05, 0) is 19.4 Å². The molecule has 1 unspecified atom stereocenters. The first kappa shape index (κ1) is 9.52. The van der Waals surface area contributed by atoms with Crippen LogP contribution in [0.5, 0.6) is 5.88 Å². The van der Waals surface area contributed by atoms with Crippen molar-refractivity contribution in [1.82, 2.24) is 4.98 Å². The third kappa shape index (κ3) is 2.81. The lowest BCUT2D eigenvalue weighted by Gasteiger charge is -2.10. The standard InChI is InChI=1S/C9H12BrNO/c1-3-7(2)12-9-6-8(10)4-5-11-9/h4-7H,3H2,1-2H3. The van der Waals surface area contributed by atoms with Crippen molar-refractivity contribution in [2.24, 2.45) is 0 Å². The van der Waals surface area contributed by atoms with E-state index in [-0.39, 0.29) is 6.10 Å². The average molecular weight is 230 g/mol. The predicted octanol–water partition coefficient (Wildman–Crippen LogP) is 3.02. The zero-order valence-electron chi connectivity index (χ0n) is 7.25. The summed E-state index contributed by atoms with van der Waals surface area (Å²) in [5.41, 5.74) is 0. The molecule has 66 valence electrons. The van der Waals surface area contributed by atoms with Crippen LogP contribution in [0.4, 0.5) is 0 Å². The SMILES string of the molecule is CCC(C)Oc1cc(Br)ccn1. The molecular weight excluding hydrogens is 218 g/mol. The Morgan fingerprint density at radius 1 is 1.67 bits per heavy atom. The van der Waals surface area contributed by atoms with Crippen molar-refractivity contribution in [3.63, 3.8) is 0 Å². The first-order chi connectivity index (χ1) is 5.72. The highest BCUT2D eigenvalue weighted by atomic mass is 79.9. The molecule has 0 saturated heterocycles. The lowest BCUT2D eigenvalue weighted by atomic mass is 10.3. The summed E-state index contributed by atoms with van der Waals surface area (Å²) in [6.45, 7) is 4.12. The summed E-state index contributed by atoms with van der Waals surface area (Å²) in [6, 6.07) is 3.75. The molecule has 0 fully saturated rings. The molecule has 3 heteroatoms. The minimum Gasteiger partial charge on any atom is -0.475 e. The Hall–Kier alpha value is -0.570. The first-order valence-electron chi connectivity index (χ1n) is 4.00. The molecule has 0 aromatic carbocycles. The second kappa shape index (κ2) is 4.45. The zero-order valence-corrected chi connectivity index (χ0v) is 8.84. The molecule has 1 rings (SSSR count). The van der Waals surface area contributed by atoms with Gasteiger partial charge < -0.3 is 4.74 Å². The van der Waals surface area contributed by atoms with Crippen molar-refractivity contribution in [2.45, 2.75) is 26.4 Å². The lowest BCUT2D eigenvalue weighted by molar-refractivity contribution is 0.208. The number of hydrogen-bond donors (Lipinski definition) is 0. The van der Waals surface area contributed by atoms with E-state index in [1.807, 2.05) is 19.1 Å². The number of ether oxygens (including phenoxy) is 1. The third-order valence-corrected chi connectivity index (χ3v) is 2.09. The first-order valence-corrected chi connectivity index (χ1v) is 4.80. The van der Waals surface area contributed by atoms with E-state index in [4.69, 9.17) is 4.74 Å². The van der Waals surface area contributed by atoms with E-state index in [1.54, 1.807) is 6.20 Å². The number of rotatable bonds is 3. The fourth-order valence-corrected chi connectivity index (χ4v) is 1.05. The van der Waals surface area contributed by atoms with E-state index < -0.39 is 0 Å². The van der Waals surface area contributed by atoms with Gasteiger partial charge in [0.15, 0.2) is 0 Å². The maximum atomic E-state index is 5.50. The van der Waals surface area contributed by atoms with E-state index in [2.05, 4.69) is 27.8 Å². The van der Waals surface area contributed by atoms with Crippen LogP contribution in [0.3, 0.4) is 0 Å². The number of halogens is 1. The van der Waals surface area contributed by atoms with Gasteiger partial charge in [-0.1, -0.05) is 22.9 Å². The summed E-state index contributed by atoms with van der Waals surface area (Å²) in [5, 5.41) is 0. The Balaban J connectivity index is 2.63. The fourth-order valence-electron chi connectivity index (χ4n) is 0.739. The molecule has 0 amide bonds. The maximum Gasteiger partial charge on any atom is 0.214 e. The summed E-state index contributed by atoms with van der Waals surface area (Å²) in [5.74, 6) is 0.679. The van der Waals surface area contributed by atoms with Crippen LogP contribution in [-0.4, -0.2) is 11.1 Å². The van der Waals surface area contributed by atoms with Crippen molar-refractivity contribution < 1.29 is 4.74 Å². The van der Waals surface area contributed by atoms with E-state index in [9.17, 15) is 0 Å². The Labute approximate surface area is 81.1 Å². The van der Waals surface area contributed by atoms with Gasteiger partial charge in [0, 0.05) is 16.7 Å². The van der Waals surface area contributed by atoms with E-state index in [0.717, 1.165) is 10.9 Å². The Bertz CT molecular complexity index is 252. The van der Waals surface area contributed by atoms with Gasteiger partial charge in [-0.3, -0.25) is 0 Å². The van der Waals surface area contributed by atoms with Crippen molar-refractivity contribution in [1.29, 1.82) is 0 Å². The minimum absolute atomic E-state index is 0.229. The van der Waals surface area contributed by atoms with Crippen molar-refractivity contribution in [3.05, 3.63) is 22.8 Å². The van der Waals surface area contributed by atoms with Gasteiger partial charge in [0.2, 0.25) is 5.88 Å². The monoisotopic (exact) mass is 229 g/mol. The molecule has 1 heterocycles. The Morgan fingerprint density at radius 2 is 2.42 bits per heavy atom. The summed E-state index contributed by atoms with van der Waals surface area (Å²) >= 11 is 3.35. The van der Waals surface area contributed by atoms with Crippen molar-refractivity contribution in [2.75, 3.05) is 0 Å². The molecule has 0 radical (unpaired) electrons. The Morgan fingerprint density at radius 3 is 3.00 bits per heavy atom. The van der Waals surface area contributed by atoms with Crippen LogP contribution < -0.4 is 4.74 Å². The van der Waals surface area contributed by atoms with Gasteiger partial charge in [-0.25, -0.2) is 4.98 Å². The molecular formula is C9H12BrNO. The van der Waals surface area contributed by atoms with Crippen LogP contribution in [0.1, 0.15) is 20.3 Å². The van der Waals surface area contributed by atoms with Crippen LogP contribution in [0, 0.1) is 0 Å². The van der Waals surface area contributed by atoms with Gasteiger partial charge in [-0.15, -0.1) is 0 Å². The molecule has 1 aromatic rings. The minimum atomic E-state index is 0.229. The molecule has 12 heavy (non-hydrogen) atoms. The van der Waals surface area contributed by atoms with Gasteiger partial charge in [0.25, 0.3) is 0 Å². The fraction of sp³-hybridized carbons (Fsp3) is 0.444. The molecule has 0 bridgehead atoms. The van der Waals surface area contributed by atoms with Crippen LogP contribution >= 0.6 is 15.9 Å². The summed E-state index contributed by atoms with van der Waals surface area (Å²) < 4.78 is 6.50. The Kier molecular flexibility index (Phi) is 3.53. The lowest BCUT2D eigenvalue weighted by Crippen LogP contribution is -2.10. The van der Waals surface area contributed by atoms with E-state index >= 15 is 0 Å². The second-order valence-electron chi connectivity index (χ2n) is 2.65. The number of hydrogen-bond acceptors (Lipinski definition) is 2. The van der Waals surface area contributed by atoms with Crippen molar-refractivity contribution in [3.8, 4) is 5.88 Å². The zero-order chi connectivity index (χ0) is 8.97. The largest absolute Gasteiger partial charge is 0.475 e. The molecule has 1 atom stereocenters. The number of nitrogens with zero attached hydrogens (tertiary/aromatic N) is 1. The number of aromatic nitrogens is 1. The molecule has 0 aliphatic carbocycles. The van der Waals surface area contributed by atoms with Gasteiger partial charge in [0.05, 0.1) is 6.10 Å². The molecule has 0 N–H and O–H groups in total. The maximum absolute atomic E-state index is 5.50. The summed E-state index contributed by atoms with van der Waals surface area (Å²) in [4.78, 5) is 4.08. The predicted molar refractivity (Wildman–Crippen MR) is 52.3 cm³/mol. The van der Waals surface area contributed by atoms with Crippen LogP contribution in [-0.2, 0) is 0 Å². The van der Waals surface area contributed by atoms with E-state index in [0.29, 0.717) is 5.88 Å². The smallest absolute Gasteiger partial charge is 0.214 e. The average Bonchev–Trinajstić information content (AvgIpc) is 2.04. The number of pyridine rings is 1. The van der Waals surface area contributed by atoms with E-state index in [1.165, 1.54) is 0 Å². The molecule has 0 aliphatic heterocycles. The normalized spacial score (nSPS) is 12.6. The quantitative estimate of drug-likeness (QED) is 0.796. The highest BCUT2D eigenvalue weighted by molar-refractivity contribution is 9.10. The van der Waals surface area contributed by atoms with Gasteiger partial charge in [0.1, 0.15) is 0 Å². The second-order valence-corrected chi connectivity index (χ2v) is 3.56. The molecule has 2 nitrogen and oxygen atoms in total. The molecule has 0 aliphatic rings. The van der Waals surface area contributed by atoms with Gasteiger partial charge in [-0.2, -0.15) is 0 Å². The highest BCUT2D eigenvalue weighted by Gasteiger charge is 2.01. The van der Waals surface area contributed by atoms with Gasteiger partial charge >= 0.3 is 0 Å². The van der Waals surface area contributed by atoms with Crippen molar-refractivity contribution >= 4 is 15.9 Å². The third-order valence-electron chi connectivity index (χ3n) is 1.59. The van der Waals surface area contributed by atoms with Crippen LogP contribution in [0.25, 0.3) is 0 Å². The molecule has 1 aromatic heterocycles. The van der Waals surface area contributed by atoms with Crippen LogP contribution in [0.2, 0.25) is 0 Å². The topological polar surface area (TPSA) is 22.1 Å². The van der Waals surface area contributed by atoms with Crippen LogP contribution in [0.15, 0.2) is 22.8 Å². The summed E-state index contributed by atoms with van der Waals surface area (Å²) in [6.07, 6.45) is 2.95.